The van der Waals surface area contributed by atoms with Crippen molar-refractivity contribution in [2.24, 2.45) is 0 Å². The molecule has 0 aliphatic rings. The zero-order chi connectivity index (χ0) is 24.8. The molecule has 3 aromatic heterocycles. The lowest BCUT2D eigenvalue weighted by Gasteiger charge is -2.14. The highest BCUT2D eigenvalue weighted by Crippen LogP contribution is 2.37. The average Bonchev–Trinajstić information content (AvgIpc) is 3.65. The minimum atomic E-state index is 0.0699. The highest BCUT2D eigenvalue weighted by Gasteiger charge is 2.18. The van der Waals surface area contributed by atoms with Gasteiger partial charge >= 0.3 is 0 Å². The first-order valence-corrected chi connectivity index (χ1v) is 13.4. The molecule has 3 nitrogen and oxygen atoms in total. The fourth-order valence-corrected chi connectivity index (χ4v) is 6.26. The van der Waals surface area contributed by atoms with E-state index in [0.717, 1.165) is 29.0 Å². The number of thiophene rings is 1. The van der Waals surface area contributed by atoms with Crippen LogP contribution >= 0.6 is 11.3 Å². The fourth-order valence-electron chi connectivity index (χ4n) is 5.46. The number of para-hydroxylation sites is 4. The van der Waals surface area contributed by atoms with E-state index in [2.05, 4.69) is 118 Å². The lowest BCUT2D eigenvalue weighted by Crippen LogP contribution is -2.05. The van der Waals surface area contributed by atoms with E-state index in [4.69, 9.17) is 4.98 Å². The van der Waals surface area contributed by atoms with Gasteiger partial charge in [0.2, 0.25) is 0 Å². The average molecular weight is 496 g/mol. The van der Waals surface area contributed by atoms with Crippen LogP contribution in [0.15, 0.2) is 121 Å². The van der Waals surface area contributed by atoms with E-state index in [1.165, 1.54) is 31.9 Å². The van der Waals surface area contributed by atoms with E-state index in [1.54, 1.807) is 11.3 Å². The maximum atomic E-state index is 5.06. The van der Waals surface area contributed by atoms with E-state index in [1.807, 2.05) is 18.2 Å². The van der Waals surface area contributed by atoms with Gasteiger partial charge in [0.25, 0.3) is 0 Å². The highest BCUT2D eigenvalue weighted by molar-refractivity contribution is 7.17. The number of nitrogens with zero attached hydrogens (tertiary/aromatic N) is 3. The molecule has 0 aliphatic heterocycles. The first kappa shape index (κ1) is 21.8. The highest BCUT2D eigenvalue weighted by atomic mass is 32.1. The van der Waals surface area contributed by atoms with Crippen LogP contribution in [-0.4, -0.2) is 14.1 Å². The predicted molar refractivity (Wildman–Crippen MR) is 159 cm³/mol. The summed E-state index contributed by atoms with van der Waals surface area (Å²) in [6, 6.07) is 34.2. The van der Waals surface area contributed by atoms with Gasteiger partial charge in [-0.05, 0) is 60.3 Å². The Hall–Kier alpha value is -4.41. The third kappa shape index (κ3) is 3.52. The number of allylic oxidation sites excluding steroid dienone is 2. The van der Waals surface area contributed by atoms with E-state index in [0.29, 0.717) is 0 Å². The number of fused-ring (bicyclic) bond motifs is 6. The van der Waals surface area contributed by atoms with Crippen molar-refractivity contribution in [1.29, 1.82) is 0 Å². The van der Waals surface area contributed by atoms with Crippen LogP contribution in [-0.2, 0) is 0 Å². The quantitative estimate of drug-likeness (QED) is 0.211. The maximum absolute atomic E-state index is 5.06. The number of hydrogen-bond donors (Lipinski definition) is 0. The Bertz CT molecular complexity index is 1930. The molecule has 0 amide bonds. The van der Waals surface area contributed by atoms with Crippen molar-refractivity contribution in [2.75, 3.05) is 0 Å². The fraction of sp³-hybridized carbons (Fsp3) is 0.0606. The molecule has 0 saturated heterocycles. The third-order valence-electron chi connectivity index (χ3n) is 7.17. The third-order valence-corrected chi connectivity index (χ3v) is 8.05. The number of imidazole rings is 1. The van der Waals surface area contributed by atoms with Gasteiger partial charge in [-0.25, -0.2) is 4.98 Å². The summed E-state index contributed by atoms with van der Waals surface area (Å²) in [7, 11) is 0. The second-order valence-corrected chi connectivity index (χ2v) is 10.2. The molecule has 0 bridgehead atoms. The molecule has 3 heterocycles. The van der Waals surface area contributed by atoms with Gasteiger partial charge in [0, 0.05) is 38.7 Å². The molecule has 4 heteroatoms. The number of benzene rings is 4. The minimum absolute atomic E-state index is 0.0699. The molecule has 0 spiro atoms. The summed E-state index contributed by atoms with van der Waals surface area (Å²) < 4.78 is 5.91. The Balaban J connectivity index is 1.32. The summed E-state index contributed by atoms with van der Waals surface area (Å²) in [5, 5.41) is 6.12. The Morgan fingerprint density at radius 2 is 1.57 bits per heavy atom. The molecule has 0 aliphatic carbocycles. The monoisotopic (exact) mass is 495 g/mol. The van der Waals surface area contributed by atoms with E-state index in [-0.39, 0.29) is 5.92 Å². The van der Waals surface area contributed by atoms with Crippen LogP contribution in [0.25, 0.3) is 54.8 Å². The predicted octanol–water partition coefficient (Wildman–Crippen LogP) is 9.18. The molecule has 0 N–H and O–H groups in total. The minimum Gasteiger partial charge on any atom is -0.316 e. The van der Waals surface area contributed by atoms with Crippen LogP contribution in [0.3, 0.4) is 0 Å². The Labute approximate surface area is 219 Å². The SMILES string of the molecule is C=CC(C/C=C/n1c2ccccc2c2c3ccsc3ccc21)c1nc2ccccc2n1-c1ccccc1. The van der Waals surface area contributed by atoms with Crippen molar-refractivity contribution in [3.05, 3.63) is 127 Å². The second-order valence-electron chi connectivity index (χ2n) is 9.27. The van der Waals surface area contributed by atoms with Crippen LogP contribution in [0.1, 0.15) is 18.2 Å². The Kier molecular flexibility index (Phi) is 5.26. The zero-order valence-electron chi connectivity index (χ0n) is 20.3. The van der Waals surface area contributed by atoms with Gasteiger partial charge in [0.05, 0.1) is 22.1 Å². The molecule has 1 unspecified atom stereocenters. The molecule has 4 aromatic carbocycles. The van der Waals surface area contributed by atoms with Gasteiger partial charge in [0.15, 0.2) is 0 Å². The van der Waals surface area contributed by atoms with Gasteiger partial charge < -0.3 is 4.57 Å². The van der Waals surface area contributed by atoms with Crippen molar-refractivity contribution in [1.82, 2.24) is 14.1 Å². The van der Waals surface area contributed by atoms with Crippen LogP contribution < -0.4 is 0 Å². The van der Waals surface area contributed by atoms with Crippen LogP contribution in [0.4, 0.5) is 0 Å². The first-order valence-electron chi connectivity index (χ1n) is 12.5. The lowest BCUT2D eigenvalue weighted by molar-refractivity contribution is 0.766. The number of aromatic nitrogens is 3. The van der Waals surface area contributed by atoms with Crippen molar-refractivity contribution in [3.63, 3.8) is 0 Å². The summed E-state index contributed by atoms with van der Waals surface area (Å²) in [6.07, 6.45) is 7.29. The summed E-state index contributed by atoms with van der Waals surface area (Å²) in [5.74, 6) is 1.08. The van der Waals surface area contributed by atoms with Gasteiger partial charge in [-0.2, -0.15) is 0 Å². The van der Waals surface area contributed by atoms with Crippen molar-refractivity contribution in [3.8, 4) is 5.69 Å². The molecule has 0 fully saturated rings. The van der Waals surface area contributed by atoms with Crippen LogP contribution in [0.2, 0.25) is 0 Å². The van der Waals surface area contributed by atoms with Crippen molar-refractivity contribution in [2.45, 2.75) is 12.3 Å². The Morgan fingerprint density at radius 3 is 2.43 bits per heavy atom. The normalized spacial score (nSPS) is 12.9. The molecule has 7 aromatic rings. The Morgan fingerprint density at radius 1 is 0.784 bits per heavy atom. The maximum Gasteiger partial charge on any atom is 0.121 e. The molecule has 0 radical (unpaired) electrons. The van der Waals surface area contributed by atoms with E-state index < -0.39 is 0 Å². The smallest absolute Gasteiger partial charge is 0.121 e. The summed E-state index contributed by atoms with van der Waals surface area (Å²) in [4.78, 5) is 5.06. The number of rotatable bonds is 6. The summed E-state index contributed by atoms with van der Waals surface area (Å²) in [6.45, 7) is 4.19. The van der Waals surface area contributed by atoms with Gasteiger partial charge in [0.1, 0.15) is 5.82 Å². The molecular weight excluding hydrogens is 470 g/mol. The topological polar surface area (TPSA) is 22.8 Å². The van der Waals surface area contributed by atoms with E-state index >= 15 is 0 Å². The van der Waals surface area contributed by atoms with Crippen LogP contribution in [0.5, 0.6) is 0 Å². The standard InChI is InChI=1S/C33H25N3S/c1-2-23(33-34-27-15-7-9-17-29(27)36(33)24-12-4-3-5-13-24)11-10-21-35-28-16-8-6-14-25(28)32-26-20-22-37-31(26)19-18-30(32)35/h2-10,12-23H,1,11H2/b21-10+. The number of hydrogen-bond acceptors (Lipinski definition) is 2. The van der Waals surface area contributed by atoms with Gasteiger partial charge in [-0.15, -0.1) is 17.9 Å². The lowest BCUT2D eigenvalue weighted by atomic mass is 10.0. The molecule has 1 atom stereocenters. The summed E-state index contributed by atoms with van der Waals surface area (Å²) >= 11 is 1.80. The second kappa shape index (κ2) is 8.91. The zero-order valence-corrected chi connectivity index (χ0v) is 21.1. The van der Waals surface area contributed by atoms with E-state index in [9.17, 15) is 0 Å². The van der Waals surface area contributed by atoms with Gasteiger partial charge in [-0.3, -0.25) is 4.57 Å². The molecular formula is C33H25N3S. The van der Waals surface area contributed by atoms with Crippen LogP contribution in [0, 0.1) is 0 Å². The first-order chi connectivity index (χ1) is 18.3. The largest absolute Gasteiger partial charge is 0.316 e. The molecule has 7 rings (SSSR count). The van der Waals surface area contributed by atoms with Crippen molar-refractivity contribution < 1.29 is 0 Å². The molecule has 178 valence electrons. The van der Waals surface area contributed by atoms with Gasteiger partial charge in [-0.1, -0.05) is 60.7 Å². The summed E-state index contributed by atoms with van der Waals surface area (Å²) in [5.41, 5.74) is 5.68. The van der Waals surface area contributed by atoms with Crippen molar-refractivity contribution >= 4 is 60.5 Å². The molecule has 37 heavy (non-hydrogen) atoms. The molecule has 0 saturated carbocycles.